The van der Waals surface area contributed by atoms with E-state index in [1.165, 1.54) is 0 Å². The summed E-state index contributed by atoms with van der Waals surface area (Å²) in [6.07, 6.45) is 2.24. The first kappa shape index (κ1) is 11.8. The van der Waals surface area contributed by atoms with E-state index in [0.717, 1.165) is 18.7 Å². The largest absolute Gasteiger partial charge is 0.357 e. The maximum Gasteiger partial charge on any atom is 0.142 e. The molecule has 0 aromatic carbocycles. The van der Waals surface area contributed by atoms with Gasteiger partial charge in [-0.3, -0.25) is 0 Å². The monoisotopic (exact) mass is 208 g/mol. The third-order valence-electron chi connectivity index (χ3n) is 2.73. The lowest BCUT2D eigenvalue weighted by atomic mass is 10.1. The van der Waals surface area contributed by atoms with Crippen LogP contribution >= 0.6 is 0 Å². The Kier molecular flexibility index (Phi) is 4.37. The zero-order chi connectivity index (χ0) is 11.3. The molecule has 4 nitrogen and oxygen atoms in total. The second kappa shape index (κ2) is 5.56. The first-order chi connectivity index (χ1) is 7.22. The van der Waals surface area contributed by atoms with E-state index >= 15 is 0 Å². The molecule has 15 heavy (non-hydrogen) atoms. The number of nitrogen functional groups attached to an aromatic ring is 1. The summed E-state index contributed by atoms with van der Waals surface area (Å²) in [5.74, 6) is 6.99. The second-order valence-electron chi connectivity index (χ2n) is 3.61. The van der Waals surface area contributed by atoms with Crippen LogP contribution in [0.1, 0.15) is 26.7 Å². The maximum atomic E-state index is 5.33. The van der Waals surface area contributed by atoms with Gasteiger partial charge in [-0.1, -0.05) is 19.9 Å². The van der Waals surface area contributed by atoms with Crippen molar-refractivity contribution in [2.24, 2.45) is 5.84 Å². The molecule has 0 radical (unpaired) electrons. The number of nitrogens with two attached hydrogens (primary N) is 1. The molecule has 0 aliphatic rings. The first-order valence-electron chi connectivity index (χ1n) is 5.39. The van der Waals surface area contributed by atoms with Gasteiger partial charge in [0.1, 0.15) is 11.6 Å². The number of hydrazine groups is 1. The van der Waals surface area contributed by atoms with Crippen LogP contribution in [0.4, 0.5) is 11.6 Å². The van der Waals surface area contributed by atoms with Gasteiger partial charge in [0.05, 0.1) is 0 Å². The van der Waals surface area contributed by atoms with Crippen LogP contribution in [0.25, 0.3) is 0 Å². The zero-order valence-corrected chi connectivity index (χ0v) is 9.70. The molecule has 0 amide bonds. The predicted molar refractivity (Wildman–Crippen MR) is 64.8 cm³/mol. The molecular weight excluding hydrogens is 188 g/mol. The molecule has 84 valence electrons. The smallest absolute Gasteiger partial charge is 0.142 e. The van der Waals surface area contributed by atoms with Crippen molar-refractivity contribution < 1.29 is 0 Å². The number of rotatable bonds is 5. The summed E-state index contributed by atoms with van der Waals surface area (Å²) in [5.41, 5.74) is 2.56. The Morgan fingerprint density at radius 2 is 2.07 bits per heavy atom. The number of nitrogens with zero attached hydrogens (tertiary/aromatic N) is 2. The fourth-order valence-corrected chi connectivity index (χ4v) is 1.72. The van der Waals surface area contributed by atoms with E-state index < -0.39 is 0 Å². The van der Waals surface area contributed by atoms with Gasteiger partial charge in [-0.2, -0.15) is 0 Å². The SMILES string of the molecule is CCC(CC)N(C)c1cccc(NN)n1. The van der Waals surface area contributed by atoms with Crippen LogP contribution in [0.3, 0.4) is 0 Å². The standard InChI is InChI=1S/C11H20N4/c1-4-9(5-2)15(3)11-8-6-7-10(13-11)14-12/h6-9H,4-5,12H2,1-3H3,(H,13,14). The summed E-state index contributed by atoms with van der Waals surface area (Å²) in [6.45, 7) is 4.38. The van der Waals surface area contributed by atoms with Gasteiger partial charge in [-0.05, 0) is 25.0 Å². The lowest BCUT2D eigenvalue weighted by Gasteiger charge is -2.27. The summed E-state index contributed by atoms with van der Waals surface area (Å²) < 4.78 is 0. The molecule has 0 atom stereocenters. The van der Waals surface area contributed by atoms with Gasteiger partial charge < -0.3 is 10.3 Å². The molecule has 1 aromatic heterocycles. The minimum absolute atomic E-state index is 0.533. The Morgan fingerprint density at radius 3 is 2.60 bits per heavy atom. The van der Waals surface area contributed by atoms with Crippen LogP contribution in [0.2, 0.25) is 0 Å². The van der Waals surface area contributed by atoms with Crippen molar-refractivity contribution in [3.63, 3.8) is 0 Å². The quantitative estimate of drug-likeness (QED) is 0.574. The number of hydrogen-bond donors (Lipinski definition) is 2. The molecule has 0 aliphatic heterocycles. The maximum absolute atomic E-state index is 5.33. The minimum Gasteiger partial charge on any atom is -0.357 e. The Bertz CT molecular complexity index is 296. The number of aromatic nitrogens is 1. The average molecular weight is 208 g/mol. The molecule has 0 bridgehead atoms. The Balaban J connectivity index is 2.84. The number of anilines is 2. The van der Waals surface area contributed by atoms with Crippen LogP contribution in [0.15, 0.2) is 18.2 Å². The highest BCUT2D eigenvalue weighted by atomic mass is 15.3. The van der Waals surface area contributed by atoms with Crippen molar-refractivity contribution in [3.8, 4) is 0 Å². The van der Waals surface area contributed by atoms with Crippen LogP contribution < -0.4 is 16.2 Å². The zero-order valence-electron chi connectivity index (χ0n) is 9.70. The average Bonchev–Trinajstić information content (AvgIpc) is 2.30. The molecule has 1 aromatic rings. The molecule has 0 aliphatic carbocycles. The van der Waals surface area contributed by atoms with Crippen molar-refractivity contribution in [3.05, 3.63) is 18.2 Å². The minimum atomic E-state index is 0.533. The van der Waals surface area contributed by atoms with Gasteiger partial charge in [0.25, 0.3) is 0 Å². The van der Waals surface area contributed by atoms with Gasteiger partial charge in [0, 0.05) is 13.1 Å². The summed E-state index contributed by atoms with van der Waals surface area (Å²) >= 11 is 0. The third kappa shape index (κ3) is 2.83. The normalized spacial score (nSPS) is 10.5. The molecule has 1 heterocycles. The molecule has 0 saturated carbocycles. The molecule has 0 fully saturated rings. The summed E-state index contributed by atoms with van der Waals surface area (Å²) in [5, 5.41) is 0. The molecule has 1 rings (SSSR count). The van der Waals surface area contributed by atoms with Crippen molar-refractivity contribution in [2.75, 3.05) is 17.4 Å². The fourth-order valence-electron chi connectivity index (χ4n) is 1.72. The number of pyridine rings is 1. The van der Waals surface area contributed by atoms with Crippen LogP contribution in [-0.2, 0) is 0 Å². The van der Waals surface area contributed by atoms with Gasteiger partial charge in [0.15, 0.2) is 0 Å². The topological polar surface area (TPSA) is 54.2 Å². The lowest BCUT2D eigenvalue weighted by Crippen LogP contribution is -2.31. The van der Waals surface area contributed by atoms with Gasteiger partial charge in [0.2, 0.25) is 0 Å². The summed E-state index contributed by atoms with van der Waals surface area (Å²) in [6, 6.07) is 6.34. The molecule has 0 saturated heterocycles. The van der Waals surface area contributed by atoms with E-state index in [-0.39, 0.29) is 0 Å². The van der Waals surface area contributed by atoms with Crippen molar-refractivity contribution in [2.45, 2.75) is 32.7 Å². The van der Waals surface area contributed by atoms with Crippen molar-refractivity contribution >= 4 is 11.6 Å². The van der Waals surface area contributed by atoms with E-state index in [4.69, 9.17) is 5.84 Å². The second-order valence-corrected chi connectivity index (χ2v) is 3.61. The van der Waals surface area contributed by atoms with Gasteiger partial charge in [-0.15, -0.1) is 0 Å². The van der Waals surface area contributed by atoms with E-state index in [9.17, 15) is 0 Å². The molecule has 3 N–H and O–H groups in total. The van der Waals surface area contributed by atoms with E-state index in [1.54, 1.807) is 0 Å². The van der Waals surface area contributed by atoms with Crippen molar-refractivity contribution in [1.29, 1.82) is 0 Å². The highest BCUT2D eigenvalue weighted by molar-refractivity contribution is 5.46. The first-order valence-corrected chi connectivity index (χ1v) is 5.39. The molecular formula is C11H20N4. The third-order valence-corrected chi connectivity index (χ3v) is 2.73. The molecule has 0 spiro atoms. The van der Waals surface area contributed by atoms with Crippen LogP contribution in [0.5, 0.6) is 0 Å². The Labute approximate surface area is 91.5 Å². The number of hydrogen-bond acceptors (Lipinski definition) is 4. The van der Waals surface area contributed by atoms with Crippen LogP contribution in [0, 0.1) is 0 Å². The lowest BCUT2D eigenvalue weighted by molar-refractivity contribution is 0.587. The highest BCUT2D eigenvalue weighted by Crippen LogP contribution is 2.17. The molecule has 0 unspecified atom stereocenters. The fraction of sp³-hybridized carbons (Fsp3) is 0.545. The summed E-state index contributed by atoms with van der Waals surface area (Å²) in [7, 11) is 2.07. The van der Waals surface area contributed by atoms with Crippen LogP contribution in [-0.4, -0.2) is 18.1 Å². The Hall–Kier alpha value is -1.29. The summed E-state index contributed by atoms with van der Waals surface area (Å²) in [4.78, 5) is 6.59. The predicted octanol–water partition coefficient (Wildman–Crippen LogP) is 1.99. The Morgan fingerprint density at radius 1 is 1.40 bits per heavy atom. The van der Waals surface area contributed by atoms with E-state index in [1.807, 2.05) is 18.2 Å². The molecule has 4 heteroatoms. The van der Waals surface area contributed by atoms with Crippen molar-refractivity contribution in [1.82, 2.24) is 4.98 Å². The van der Waals surface area contributed by atoms with E-state index in [2.05, 4.69) is 36.2 Å². The highest BCUT2D eigenvalue weighted by Gasteiger charge is 2.12. The number of nitrogens with one attached hydrogen (secondary N) is 1. The van der Waals surface area contributed by atoms with Gasteiger partial charge >= 0.3 is 0 Å². The van der Waals surface area contributed by atoms with Gasteiger partial charge in [-0.25, -0.2) is 10.8 Å². The van der Waals surface area contributed by atoms with E-state index in [0.29, 0.717) is 11.9 Å².